The summed E-state index contributed by atoms with van der Waals surface area (Å²) in [7, 11) is 0. The van der Waals surface area contributed by atoms with Crippen LogP contribution in [0.5, 0.6) is 17.2 Å². The van der Waals surface area contributed by atoms with Crippen molar-refractivity contribution >= 4 is 16.9 Å². The molecule has 0 N–H and O–H groups in total. The Balaban J connectivity index is 1.60. The molecule has 1 aliphatic heterocycles. The third kappa shape index (κ3) is 2.22. The molecule has 0 bridgehead atoms. The van der Waals surface area contributed by atoms with Gasteiger partial charge in [-0.15, -0.1) is 0 Å². The van der Waals surface area contributed by atoms with Gasteiger partial charge in [0.1, 0.15) is 11.4 Å². The average Bonchev–Trinajstić information content (AvgIpc) is 3.02. The Kier molecular flexibility index (Phi) is 2.89. The van der Waals surface area contributed by atoms with Crippen LogP contribution in [0.1, 0.15) is 10.5 Å². The fraction of sp³-hybridized carbons (Fsp3) is 0.0588. The molecule has 0 saturated heterocycles. The highest BCUT2D eigenvalue weighted by atomic mass is 16.7. The van der Waals surface area contributed by atoms with Gasteiger partial charge in [0, 0.05) is 11.5 Å². The highest BCUT2D eigenvalue weighted by Gasteiger charge is 2.16. The molecule has 22 heavy (non-hydrogen) atoms. The number of ether oxygens (including phenoxy) is 3. The second-order valence-corrected chi connectivity index (χ2v) is 4.79. The van der Waals surface area contributed by atoms with Crippen LogP contribution in [0.4, 0.5) is 0 Å². The van der Waals surface area contributed by atoms with E-state index in [2.05, 4.69) is 4.98 Å². The summed E-state index contributed by atoms with van der Waals surface area (Å²) < 4.78 is 15.8. The molecule has 108 valence electrons. The van der Waals surface area contributed by atoms with Crippen molar-refractivity contribution in [3.8, 4) is 17.2 Å². The van der Waals surface area contributed by atoms with Gasteiger partial charge in [0.05, 0.1) is 5.52 Å². The van der Waals surface area contributed by atoms with E-state index in [9.17, 15) is 4.79 Å². The Bertz CT molecular complexity index is 875. The molecule has 5 nitrogen and oxygen atoms in total. The number of nitrogens with zero attached hydrogens (tertiary/aromatic N) is 1. The van der Waals surface area contributed by atoms with Crippen LogP contribution in [0.3, 0.4) is 0 Å². The average molecular weight is 293 g/mol. The lowest BCUT2D eigenvalue weighted by molar-refractivity contribution is 0.0729. The summed E-state index contributed by atoms with van der Waals surface area (Å²) in [6.45, 7) is 0.180. The van der Waals surface area contributed by atoms with Gasteiger partial charge in [-0.05, 0) is 24.3 Å². The summed E-state index contributed by atoms with van der Waals surface area (Å²) in [6.07, 6.45) is 0. The van der Waals surface area contributed by atoms with Crippen molar-refractivity contribution in [2.45, 2.75) is 0 Å². The molecule has 2 heterocycles. The molecule has 0 radical (unpaired) electrons. The molecule has 4 rings (SSSR count). The Morgan fingerprint density at radius 2 is 1.86 bits per heavy atom. The number of aromatic nitrogens is 1. The standard InChI is InChI=1S/C17H11NO4/c19-17(14-7-5-11-3-1-2-4-13(11)18-14)22-12-6-8-15-16(9-12)21-10-20-15/h1-9H,10H2. The number of hydrogen-bond donors (Lipinski definition) is 0. The number of carbonyl (C=O) groups excluding carboxylic acids is 1. The summed E-state index contributed by atoms with van der Waals surface area (Å²) in [5.74, 6) is 1.09. The number of benzene rings is 2. The minimum atomic E-state index is -0.510. The lowest BCUT2D eigenvalue weighted by atomic mass is 10.2. The van der Waals surface area contributed by atoms with E-state index in [0.29, 0.717) is 17.2 Å². The number of pyridine rings is 1. The van der Waals surface area contributed by atoms with Crippen LogP contribution in [-0.2, 0) is 0 Å². The number of fused-ring (bicyclic) bond motifs is 2. The zero-order valence-electron chi connectivity index (χ0n) is 11.5. The van der Waals surface area contributed by atoms with Crippen molar-refractivity contribution in [3.05, 3.63) is 60.3 Å². The van der Waals surface area contributed by atoms with Gasteiger partial charge in [-0.25, -0.2) is 9.78 Å². The van der Waals surface area contributed by atoms with Gasteiger partial charge in [-0.1, -0.05) is 24.3 Å². The molecule has 0 fully saturated rings. The Labute approximate surface area is 126 Å². The molecule has 1 aromatic heterocycles. The first-order chi connectivity index (χ1) is 10.8. The number of carbonyl (C=O) groups is 1. The molecule has 3 aromatic rings. The second kappa shape index (κ2) is 5.04. The molecule has 0 aliphatic carbocycles. The SMILES string of the molecule is O=C(Oc1ccc2c(c1)OCO2)c1ccc2ccccc2n1. The van der Waals surface area contributed by atoms with Crippen LogP contribution >= 0.6 is 0 Å². The fourth-order valence-corrected chi connectivity index (χ4v) is 2.28. The summed E-state index contributed by atoms with van der Waals surface area (Å²) in [5.41, 5.74) is 1.01. The van der Waals surface area contributed by atoms with E-state index >= 15 is 0 Å². The van der Waals surface area contributed by atoms with Gasteiger partial charge in [-0.3, -0.25) is 0 Å². The first-order valence-electron chi connectivity index (χ1n) is 6.77. The van der Waals surface area contributed by atoms with Gasteiger partial charge in [0.25, 0.3) is 0 Å². The van der Waals surface area contributed by atoms with Crippen molar-refractivity contribution in [1.82, 2.24) is 4.98 Å². The lowest BCUT2D eigenvalue weighted by Crippen LogP contribution is -2.10. The number of para-hydroxylation sites is 1. The predicted molar refractivity (Wildman–Crippen MR) is 79.3 cm³/mol. The molecule has 1 aliphatic rings. The molecule has 2 aromatic carbocycles. The molecule has 0 unspecified atom stereocenters. The Morgan fingerprint density at radius 1 is 1.00 bits per heavy atom. The molecule has 5 heteroatoms. The highest BCUT2D eigenvalue weighted by molar-refractivity contribution is 5.92. The fourth-order valence-electron chi connectivity index (χ4n) is 2.28. The van der Waals surface area contributed by atoms with Gasteiger partial charge >= 0.3 is 5.97 Å². The predicted octanol–water partition coefficient (Wildman–Crippen LogP) is 3.18. The number of esters is 1. The Hall–Kier alpha value is -3.08. The summed E-state index contributed by atoms with van der Waals surface area (Å²) in [5, 5.41) is 0.974. The molecular weight excluding hydrogens is 282 g/mol. The third-order valence-electron chi connectivity index (χ3n) is 3.36. The number of rotatable bonds is 2. The molecule has 0 amide bonds. The second-order valence-electron chi connectivity index (χ2n) is 4.79. The molecule has 0 spiro atoms. The summed E-state index contributed by atoms with van der Waals surface area (Å²) in [6, 6.07) is 16.1. The van der Waals surface area contributed by atoms with Gasteiger partial charge in [-0.2, -0.15) is 0 Å². The van der Waals surface area contributed by atoms with Crippen molar-refractivity contribution in [2.24, 2.45) is 0 Å². The van der Waals surface area contributed by atoms with E-state index < -0.39 is 5.97 Å². The molecule has 0 saturated carbocycles. The van der Waals surface area contributed by atoms with Crippen LogP contribution in [0, 0.1) is 0 Å². The quantitative estimate of drug-likeness (QED) is 0.536. The largest absolute Gasteiger partial charge is 0.454 e. The van der Waals surface area contributed by atoms with Crippen molar-refractivity contribution in [1.29, 1.82) is 0 Å². The maximum atomic E-state index is 12.2. The van der Waals surface area contributed by atoms with Crippen molar-refractivity contribution < 1.29 is 19.0 Å². The van der Waals surface area contributed by atoms with Crippen molar-refractivity contribution in [2.75, 3.05) is 6.79 Å². The monoisotopic (exact) mass is 293 g/mol. The highest BCUT2D eigenvalue weighted by Crippen LogP contribution is 2.35. The third-order valence-corrected chi connectivity index (χ3v) is 3.36. The number of hydrogen-bond acceptors (Lipinski definition) is 5. The Morgan fingerprint density at radius 3 is 2.82 bits per heavy atom. The van der Waals surface area contributed by atoms with Gasteiger partial charge < -0.3 is 14.2 Å². The zero-order chi connectivity index (χ0) is 14.9. The first-order valence-corrected chi connectivity index (χ1v) is 6.77. The van der Waals surface area contributed by atoms with Crippen LogP contribution < -0.4 is 14.2 Å². The van der Waals surface area contributed by atoms with Gasteiger partial charge in [0.15, 0.2) is 11.5 Å². The van der Waals surface area contributed by atoms with E-state index in [4.69, 9.17) is 14.2 Å². The minimum Gasteiger partial charge on any atom is -0.454 e. The van der Waals surface area contributed by atoms with E-state index in [1.165, 1.54) is 0 Å². The van der Waals surface area contributed by atoms with Crippen LogP contribution in [0.15, 0.2) is 54.6 Å². The van der Waals surface area contributed by atoms with Gasteiger partial charge in [0.2, 0.25) is 6.79 Å². The first kappa shape index (κ1) is 12.6. The van der Waals surface area contributed by atoms with E-state index in [1.807, 2.05) is 30.3 Å². The van der Waals surface area contributed by atoms with Crippen LogP contribution in [-0.4, -0.2) is 17.7 Å². The normalized spacial score (nSPS) is 12.4. The minimum absolute atomic E-state index is 0.180. The smallest absolute Gasteiger partial charge is 0.362 e. The maximum absolute atomic E-state index is 12.2. The van der Waals surface area contributed by atoms with E-state index in [-0.39, 0.29) is 12.5 Å². The molecule has 0 atom stereocenters. The summed E-state index contributed by atoms with van der Waals surface area (Å²) >= 11 is 0. The summed E-state index contributed by atoms with van der Waals surface area (Å²) in [4.78, 5) is 16.5. The van der Waals surface area contributed by atoms with Crippen molar-refractivity contribution in [3.63, 3.8) is 0 Å². The van der Waals surface area contributed by atoms with Crippen LogP contribution in [0.25, 0.3) is 10.9 Å². The molecular formula is C17H11NO4. The zero-order valence-corrected chi connectivity index (χ0v) is 11.5. The van der Waals surface area contributed by atoms with E-state index in [0.717, 1.165) is 10.9 Å². The lowest BCUT2D eigenvalue weighted by Gasteiger charge is -2.05. The topological polar surface area (TPSA) is 57.7 Å². The van der Waals surface area contributed by atoms with E-state index in [1.54, 1.807) is 24.3 Å². The maximum Gasteiger partial charge on any atom is 0.362 e. The van der Waals surface area contributed by atoms with Crippen LogP contribution in [0.2, 0.25) is 0 Å².